The van der Waals surface area contributed by atoms with Crippen molar-refractivity contribution in [3.05, 3.63) is 243 Å². The van der Waals surface area contributed by atoms with Crippen molar-refractivity contribution < 1.29 is 0 Å². The standard InChI is InChI=1S/C60H40N2/c1-4-17-42(18-5-1)59-51-24-12-14-26-53(51)60(54-27-15-13-25-52(54)59)43-30-33-49(34-31-43)61(47-20-6-2-7-21-47)50-35-37-58-56(40-50)55-39-46(45-29-28-41-16-10-11-19-44(41)38-45)32-36-57(55)62(58)48-22-8-3-9-23-48/h1-40H. The van der Waals surface area contributed by atoms with Crippen molar-refractivity contribution in [3.8, 4) is 39.1 Å². The lowest BCUT2D eigenvalue weighted by Crippen LogP contribution is -2.09. The molecular formula is C60H40N2. The third-order valence-corrected chi connectivity index (χ3v) is 12.5. The van der Waals surface area contributed by atoms with Crippen LogP contribution in [0.5, 0.6) is 0 Å². The van der Waals surface area contributed by atoms with Gasteiger partial charge in [0.25, 0.3) is 0 Å². The maximum Gasteiger partial charge on any atom is 0.0542 e. The second-order valence-electron chi connectivity index (χ2n) is 16.1. The van der Waals surface area contributed by atoms with Crippen LogP contribution in [0.2, 0.25) is 0 Å². The van der Waals surface area contributed by atoms with Crippen molar-refractivity contribution in [1.29, 1.82) is 0 Å². The summed E-state index contributed by atoms with van der Waals surface area (Å²) in [6.45, 7) is 0. The van der Waals surface area contributed by atoms with Crippen LogP contribution in [0.25, 0.3) is 93.2 Å². The van der Waals surface area contributed by atoms with Crippen molar-refractivity contribution in [2.45, 2.75) is 0 Å². The normalized spacial score (nSPS) is 11.5. The van der Waals surface area contributed by atoms with Crippen molar-refractivity contribution >= 4 is 71.2 Å². The van der Waals surface area contributed by atoms with Crippen LogP contribution >= 0.6 is 0 Å². The van der Waals surface area contributed by atoms with Gasteiger partial charge in [0.05, 0.1) is 11.0 Å². The van der Waals surface area contributed by atoms with E-state index in [0.29, 0.717) is 0 Å². The summed E-state index contributed by atoms with van der Waals surface area (Å²) in [5.74, 6) is 0. The zero-order valence-electron chi connectivity index (χ0n) is 34.0. The summed E-state index contributed by atoms with van der Waals surface area (Å²) in [5.41, 5.74) is 14.2. The van der Waals surface area contributed by atoms with Gasteiger partial charge in [0, 0.05) is 33.5 Å². The molecule has 1 heterocycles. The summed E-state index contributed by atoms with van der Waals surface area (Å²) in [4.78, 5) is 2.39. The Morgan fingerprint density at radius 2 is 0.694 bits per heavy atom. The average Bonchev–Trinajstić information content (AvgIpc) is 3.67. The SMILES string of the molecule is c1ccc(-c2c3ccccc3c(-c3ccc(N(c4ccccc4)c4ccc5c(c4)c4cc(-c6ccc7ccccc7c6)ccc4n5-c4ccccc4)cc3)c3ccccc23)cc1. The molecule has 0 radical (unpaired) electrons. The number of rotatable bonds is 7. The van der Waals surface area contributed by atoms with Gasteiger partial charge in [-0.3, -0.25) is 0 Å². The lowest BCUT2D eigenvalue weighted by Gasteiger charge is -2.26. The molecule has 11 aromatic carbocycles. The summed E-state index contributed by atoms with van der Waals surface area (Å²) in [7, 11) is 0. The molecule has 0 N–H and O–H groups in total. The van der Waals surface area contributed by atoms with E-state index in [0.717, 1.165) is 22.7 Å². The number of para-hydroxylation sites is 2. The van der Waals surface area contributed by atoms with Gasteiger partial charge in [0.15, 0.2) is 0 Å². The smallest absolute Gasteiger partial charge is 0.0542 e. The van der Waals surface area contributed by atoms with Gasteiger partial charge < -0.3 is 9.47 Å². The van der Waals surface area contributed by atoms with Gasteiger partial charge in [-0.25, -0.2) is 0 Å². The molecule has 0 aliphatic carbocycles. The summed E-state index contributed by atoms with van der Waals surface area (Å²) in [6.07, 6.45) is 0. The summed E-state index contributed by atoms with van der Waals surface area (Å²) in [5, 5.41) is 9.94. The Labute approximate surface area is 360 Å². The first-order chi connectivity index (χ1) is 30.8. The van der Waals surface area contributed by atoms with Crippen molar-refractivity contribution in [1.82, 2.24) is 4.57 Å². The van der Waals surface area contributed by atoms with Gasteiger partial charge >= 0.3 is 0 Å². The lowest BCUT2D eigenvalue weighted by atomic mass is 9.86. The molecule has 0 spiro atoms. The molecule has 62 heavy (non-hydrogen) atoms. The average molecular weight is 789 g/mol. The molecule has 0 fully saturated rings. The van der Waals surface area contributed by atoms with Gasteiger partial charge in [-0.1, -0.05) is 170 Å². The highest BCUT2D eigenvalue weighted by Gasteiger charge is 2.20. The minimum Gasteiger partial charge on any atom is -0.310 e. The molecule has 12 rings (SSSR count). The van der Waals surface area contributed by atoms with E-state index in [1.165, 1.54) is 87.5 Å². The monoisotopic (exact) mass is 788 g/mol. The highest BCUT2D eigenvalue weighted by molar-refractivity contribution is 6.21. The summed E-state index contributed by atoms with van der Waals surface area (Å²) in [6, 6.07) is 88.4. The van der Waals surface area contributed by atoms with Crippen LogP contribution in [0.1, 0.15) is 0 Å². The van der Waals surface area contributed by atoms with E-state index >= 15 is 0 Å². The van der Waals surface area contributed by atoms with Gasteiger partial charge in [0.1, 0.15) is 0 Å². The number of anilines is 3. The summed E-state index contributed by atoms with van der Waals surface area (Å²) >= 11 is 0. The quantitative estimate of drug-likeness (QED) is 0.146. The molecule has 2 nitrogen and oxygen atoms in total. The Kier molecular flexibility index (Phi) is 8.53. The van der Waals surface area contributed by atoms with Crippen LogP contribution in [-0.4, -0.2) is 4.57 Å². The number of hydrogen-bond acceptors (Lipinski definition) is 1. The first-order valence-corrected chi connectivity index (χ1v) is 21.3. The lowest BCUT2D eigenvalue weighted by molar-refractivity contribution is 1.18. The van der Waals surface area contributed by atoms with Crippen LogP contribution < -0.4 is 4.90 Å². The molecule has 0 amide bonds. The van der Waals surface area contributed by atoms with Crippen LogP contribution in [-0.2, 0) is 0 Å². The Morgan fingerprint density at radius 3 is 1.34 bits per heavy atom. The molecule has 0 bridgehead atoms. The Morgan fingerprint density at radius 1 is 0.258 bits per heavy atom. The van der Waals surface area contributed by atoms with E-state index in [9.17, 15) is 0 Å². The highest BCUT2D eigenvalue weighted by Crippen LogP contribution is 2.45. The maximum atomic E-state index is 2.40. The van der Waals surface area contributed by atoms with Crippen LogP contribution in [0.4, 0.5) is 17.1 Å². The highest BCUT2D eigenvalue weighted by atomic mass is 15.1. The molecule has 0 saturated carbocycles. The van der Waals surface area contributed by atoms with Crippen LogP contribution in [0.15, 0.2) is 243 Å². The van der Waals surface area contributed by atoms with Crippen molar-refractivity contribution in [3.63, 3.8) is 0 Å². The number of fused-ring (bicyclic) bond motifs is 6. The molecule has 1 aromatic heterocycles. The Bertz CT molecular complexity index is 3550. The number of benzene rings is 11. The fourth-order valence-corrected chi connectivity index (χ4v) is 9.71. The summed E-state index contributed by atoms with van der Waals surface area (Å²) < 4.78 is 2.40. The van der Waals surface area contributed by atoms with Crippen LogP contribution in [0, 0.1) is 0 Å². The Hall–Kier alpha value is -8.20. The van der Waals surface area contributed by atoms with E-state index in [4.69, 9.17) is 0 Å². The topological polar surface area (TPSA) is 8.17 Å². The van der Waals surface area contributed by atoms with Gasteiger partial charge in [-0.15, -0.1) is 0 Å². The van der Waals surface area contributed by atoms with E-state index < -0.39 is 0 Å². The molecule has 0 aliphatic heterocycles. The first kappa shape index (κ1) is 35.7. The van der Waals surface area contributed by atoms with Gasteiger partial charge in [0.2, 0.25) is 0 Å². The third kappa shape index (κ3) is 5.96. The van der Waals surface area contributed by atoms with Crippen molar-refractivity contribution in [2.75, 3.05) is 4.90 Å². The fourth-order valence-electron chi connectivity index (χ4n) is 9.71. The predicted octanol–water partition coefficient (Wildman–Crippen LogP) is 16.7. The number of nitrogens with zero attached hydrogens (tertiary/aromatic N) is 2. The maximum absolute atomic E-state index is 2.40. The second kappa shape index (κ2) is 14.8. The van der Waals surface area contributed by atoms with Crippen molar-refractivity contribution in [2.24, 2.45) is 0 Å². The first-order valence-electron chi connectivity index (χ1n) is 21.3. The zero-order valence-corrected chi connectivity index (χ0v) is 34.0. The largest absolute Gasteiger partial charge is 0.310 e. The number of hydrogen-bond donors (Lipinski definition) is 0. The van der Waals surface area contributed by atoms with Crippen LogP contribution in [0.3, 0.4) is 0 Å². The molecule has 0 saturated heterocycles. The van der Waals surface area contributed by atoms with E-state index in [1.807, 2.05) is 0 Å². The Balaban J connectivity index is 1.03. The molecule has 290 valence electrons. The molecule has 12 aromatic rings. The van der Waals surface area contributed by atoms with Gasteiger partial charge in [-0.2, -0.15) is 0 Å². The van der Waals surface area contributed by atoms with Gasteiger partial charge in [-0.05, 0) is 138 Å². The molecule has 0 unspecified atom stereocenters. The number of aromatic nitrogens is 1. The molecule has 0 atom stereocenters. The van der Waals surface area contributed by atoms with E-state index in [2.05, 4.69) is 252 Å². The molecule has 0 aliphatic rings. The van der Waals surface area contributed by atoms with E-state index in [1.54, 1.807) is 0 Å². The molecule has 2 heteroatoms. The second-order valence-corrected chi connectivity index (χ2v) is 16.1. The van der Waals surface area contributed by atoms with E-state index in [-0.39, 0.29) is 0 Å². The third-order valence-electron chi connectivity index (χ3n) is 12.5. The molecular weight excluding hydrogens is 749 g/mol. The predicted molar refractivity (Wildman–Crippen MR) is 264 cm³/mol. The zero-order chi connectivity index (χ0) is 41.0. The fraction of sp³-hybridized carbons (Fsp3) is 0. The minimum atomic E-state index is 1.09. The minimum absolute atomic E-state index is 1.09.